The van der Waals surface area contributed by atoms with Crippen LogP contribution in [0.1, 0.15) is 20.9 Å². The average Bonchev–Trinajstić information content (AvgIpc) is 3.13. The third-order valence-corrected chi connectivity index (χ3v) is 4.33. The molecule has 1 heterocycles. The highest BCUT2D eigenvalue weighted by Crippen LogP contribution is 2.17. The predicted molar refractivity (Wildman–Crippen MR) is 110 cm³/mol. The van der Waals surface area contributed by atoms with E-state index in [0.29, 0.717) is 39.8 Å². The lowest BCUT2D eigenvalue weighted by Gasteiger charge is -2.09. The zero-order chi connectivity index (χ0) is 19.9. The van der Waals surface area contributed by atoms with Crippen molar-refractivity contribution in [1.82, 2.24) is 5.32 Å². The Morgan fingerprint density at radius 3 is 2.54 bits per heavy atom. The van der Waals surface area contributed by atoms with E-state index >= 15 is 0 Å². The monoisotopic (exact) mass is 462 g/mol. The van der Waals surface area contributed by atoms with Gasteiger partial charge in [0.2, 0.25) is 0 Å². The molecule has 0 aliphatic rings. The van der Waals surface area contributed by atoms with E-state index < -0.39 is 5.91 Å². The third kappa shape index (κ3) is 5.61. The molecule has 0 unspecified atom stereocenters. The molecule has 3 aromatic rings. The number of furan rings is 1. The first-order valence-electron chi connectivity index (χ1n) is 8.34. The van der Waals surface area contributed by atoms with Gasteiger partial charge in [0.25, 0.3) is 11.8 Å². The van der Waals surface area contributed by atoms with Crippen molar-refractivity contribution in [2.75, 3.05) is 18.5 Å². The second kappa shape index (κ2) is 9.43. The van der Waals surface area contributed by atoms with Crippen LogP contribution in [0.25, 0.3) is 0 Å². The molecule has 0 saturated heterocycles. The number of benzene rings is 2. The second-order valence-corrected chi connectivity index (χ2v) is 6.91. The quantitative estimate of drug-likeness (QED) is 0.495. The van der Waals surface area contributed by atoms with Crippen LogP contribution in [0.15, 0.2) is 69.8 Å². The number of amides is 2. The van der Waals surface area contributed by atoms with Crippen LogP contribution in [0.2, 0.25) is 5.02 Å². The predicted octanol–water partition coefficient (Wildman–Crippen LogP) is 4.76. The van der Waals surface area contributed by atoms with Crippen molar-refractivity contribution in [1.29, 1.82) is 0 Å². The Bertz CT molecular complexity index is 972. The summed E-state index contributed by atoms with van der Waals surface area (Å²) in [4.78, 5) is 24.4. The zero-order valence-corrected chi connectivity index (χ0v) is 16.9. The van der Waals surface area contributed by atoms with Gasteiger partial charge in [0.1, 0.15) is 12.4 Å². The molecule has 0 saturated carbocycles. The van der Waals surface area contributed by atoms with E-state index in [0.717, 1.165) is 0 Å². The van der Waals surface area contributed by atoms with Crippen molar-refractivity contribution in [3.8, 4) is 5.75 Å². The first-order valence-corrected chi connectivity index (χ1v) is 9.52. The molecule has 0 bridgehead atoms. The van der Waals surface area contributed by atoms with Crippen LogP contribution in [0.5, 0.6) is 5.75 Å². The number of anilines is 1. The van der Waals surface area contributed by atoms with E-state index in [-0.39, 0.29) is 11.7 Å². The SMILES string of the molecule is O=C(NCCOc1ccc(Cl)cc1)c1cccc(NC(=O)c2ccc(Br)o2)c1. The fourth-order valence-electron chi connectivity index (χ4n) is 2.33. The van der Waals surface area contributed by atoms with Crippen LogP contribution < -0.4 is 15.4 Å². The molecule has 2 amide bonds. The minimum atomic E-state index is -0.403. The molecule has 2 N–H and O–H groups in total. The van der Waals surface area contributed by atoms with Crippen molar-refractivity contribution < 1.29 is 18.7 Å². The molecule has 0 radical (unpaired) electrons. The van der Waals surface area contributed by atoms with Gasteiger partial charge in [-0.3, -0.25) is 9.59 Å². The lowest BCUT2D eigenvalue weighted by molar-refractivity contribution is 0.0945. The number of nitrogens with one attached hydrogen (secondary N) is 2. The number of rotatable bonds is 7. The summed E-state index contributed by atoms with van der Waals surface area (Å²) >= 11 is 8.97. The van der Waals surface area contributed by atoms with Crippen molar-refractivity contribution in [2.45, 2.75) is 0 Å². The van der Waals surface area contributed by atoms with Crippen LogP contribution >= 0.6 is 27.5 Å². The number of hydrogen-bond acceptors (Lipinski definition) is 4. The third-order valence-electron chi connectivity index (χ3n) is 3.65. The Balaban J connectivity index is 1.50. The molecule has 0 atom stereocenters. The van der Waals surface area contributed by atoms with Crippen LogP contribution in [0, 0.1) is 0 Å². The molecule has 0 aliphatic heterocycles. The van der Waals surface area contributed by atoms with E-state index in [1.54, 1.807) is 60.7 Å². The van der Waals surface area contributed by atoms with Crippen LogP contribution in [0.4, 0.5) is 5.69 Å². The number of carbonyl (C=O) groups is 2. The van der Waals surface area contributed by atoms with Gasteiger partial charge in [-0.25, -0.2) is 0 Å². The molecule has 3 rings (SSSR count). The van der Waals surface area contributed by atoms with Gasteiger partial charge in [0.15, 0.2) is 10.4 Å². The molecule has 6 nitrogen and oxygen atoms in total. The van der Waals surface area contributed by atoms with E-state index in [1.807, 2.05) is 0 Å². The summed E-state index contributed by atoms with van der Waals surface area (Å²) in [5.74, 6) is 0.171. The van der Waals surface area contributed by atoms with Gasteiger partial charge in [-0.15, -0.1) is 0 Å². The molecular formula is C20H16BrClN2O4. The maximum Gasteiger partial charge on any atom is 0.291 e. The highest BCUT2D eigenvalue weighted by Gasteiger charge is 2.12. The summed E-state index contributed by atoms with van der Waals surface area (Å²) in [6.07, 6.45) is 0. The molecule has 0 fully saturated rings. The number of halogens is 2. The Morgan fingerprint density at radius 1 is 1.04 bits per heavy atom. The lowest BCUT2D eigenvalue weighted by Crippen LogP contribution is -2.28. The molecule has 8 heteroatoms. The molecular weight excluding hydrogens is 448 g/mol. The molecule has 2 aromatic carbocycles. The molecule has 0 aliphatic carbocycles. The maximum atomic E-state index is 12.3. The van der Waals surface area contributed by atoms with E-state index in [1.165, 1.54) is 0 Å². The highest BCUT2D eigenvalue weighted by atomic mass is 79.9. The summed E-state index contributed by atoms with van der Waals surface area (Å²) in [5.41, 5.74) is 0.910. The van der Waals surface area contributed by atoms with Crippen molar-refractivity contribution in [3.63, 3.8) is 0 Å². The molecule has 144 valence electrons. The minimum Gasteiger partial charge on any atom is -0.492 e. The topological polar surface area (TPSA) is 80.6 Å². The number of carbonyl (C=O) groups excluding carboxylic acids is 2. The average molecular weight is 464 g/mol. The molecule has 0 spiro atoms. The van der Waals surface area contributed by atoms with Gasteiger partial charge >= 0.3 is 0 Å². The minimum absolute atomic E-state index is 0.168. The van der Waals surface area contributed by atoms with Crippen molar-refractivity contribution in [3.05, 3.63) is 81.7 Å². The summed E-state index contributed by atoms with van der Waals surface area (Å²) in [6.45, 7) is 0.648. The van der Waals surface area contributed by atoms with E-state index in [9.17, 15) is 9.59 Å². The van der Waals surface area contributed by atoms with Crippen LogP contribution in [-0.4, -0.2) is 25.0 Å². The Hall–Kier alpha value is -2.77. The van der Waals surface area contributed by atoms with E-state index in [2.05, 4.69) is 26.6 Å². The van der Waals surface area contributed by atoms with Crippen LogP contribution in [0.3, 0.4) is 0 Å². The summed E-state index contributed by atoms with van der Waals surface area (Å²) in [7, 11) is 0. The van der Waals surface area contributed by atoms with Crippen LogP contribution in [-0.2, 0) is 0 Å². The second-order valence-electron chi connectivity index (χ2n) is 5.70. The van der Waals surface area contributed by atoms with Gasteiger partial charge in [-0.05, 0) is 70.5 Å². The van der Waals surface area contributed by atoms with E-state index in [4.69, 9.17) is 20.8 Å². The fourth-order valence-corrected chi connectivity index (χ4v) is 2.77. The van der Waals surface area contributed by atoms with Gasteiger partial charge < -0.3 is 19.8 Å². The van der Waals surface area contributed by atoms with Crippen molar-refractivity contribution in [2.24, 2.45) is 0 Å². The lowest BCUT2D eigenvalue weighted by atomic mass is 10.2. The summed E-state index contributed by atoms with van der Waals surface area (Å²) < 4.78 is 11.2. The fraction of sp³-hybridized carbons (Fsp3) is 0.100. The first-order chi connectivity index (χ1) is 13.5. The Labute approximate surface area is 175 Å². The normalized spacial score (nSPS) is 10.4. The van der Waals surface area contributed by atoms with Crippen molar-refractivity contribution >= 4 is 45.0 Å². The first kappa shape index (κ1) is 20.0. The summed E-state index contributed by atoms with van der Waals surface area (Å²) in [5, 5.41) is 6.09. The maximum absolute atomic E-state index is 12.3. The van der Waals surface area contributed by atoms with Gasteiger partial charge in [0, 0.05) is 16.3 Å². The molecule has 1 aromatic heterocycles. The van der Waals surface area contributed by atoms with Gasteiger partial charge in [-0.1, -0.05) is 17.7 Å². The van der Waals surface area contributed by atoms with Gasteiger partial charge in [-0.2, -0.15) is 0 Å². The summed E-state index contributed by atoms with van der Waals surface area (Å²) in [6, 6.07) is 16.8. The molecule has 28 heavy (non-hydrogen) atoms. The smallest absolute Gasteiger partial charge is 0.291 e. The van der Waals surface area contributed by atoms with Gasteiger partial charge in [0.05, 0.1) is 6.54 Å². The Morgan fingerprint density at radius 2 is 1.82 bits per heavy atom. The largest absolute Gasteiger partial charge is 0.492 e. The Kier molecular flexibility index (Phi) is 6.73. The zero-order valence-electron chi connectivity index (χ0n) is 14.6. The number of hydrogen-bond donors (Lipinski definition) is 2. The number of ether oxygens (including phenoxy) is 1. The highest BCUT2D eigenvalue weighted by molar-refractivity contribution is 9.10. The standard InChI is InChI=1S/C20H16BrClN2O4/c21-18-9-8-17(28-18)20(26)24-15-3-1-2-13(12-15)19(25)23-10-11-27-16-6-4-14(22)5-7-16/h1-9,12H,10-11H2,(H,23,25)(H,24,26).